The lowest BCUT2D eigenvalue weighted by Crippen LogP contribution is -2.50. The lowest BCUT2D eigenvalue weighted by molar-refractivity contribution is -0.0576. The van der Waals surface area contributed by atoms with Gasteiger partial charge in [0.1, 0.15) is 0 Å². The van der Waals surface area contributed by atoms with Gasteiger partial charge in [0, 0.05) is 0 Å². The van der Waals surface area contributed by atoms with Crippen molar-refractivity contribution in [2.75, 3.05) is 6.61 Å². The number of fused-ring (bicyclic) bond motifs is 5. The fourth-order valence-electron chi connectivity index (χ4n) is 9.15. The number of hydrogen-bond donors (Lipinski definition) is 1. The number of allylic oxidation sites excluding steroid dienone is 1. The Balaban J connectivity index is 1.30. The number of rotatable bonds is 5. The van der Waals surface area contributed by atoms with E-state index < -0.39 is 0 Å². The number of epoxide rings is 1. The average Bonchev–Trinajstić information content (AvgIpc) is 3.42. The SMILES string of the molecule is CC(C)[C@]1(CC[C@@H](C)[C@H]2CC[C@H]3[C@@H]4CC=C5C[C@@H](O)CC[C@]5(C)[C@H]4CC[C@]23C)CO1. The molecule has 0 unspecified atom stereocenters. The van der Waals surface area contributed by atoms with Crippen LogP contribution in [0.5, 0.6) is 0 Å². The zero-order chi connectivity index (χ0) is 21.3. The van der Waals surface area contributed by atoms with Crippen molar-refractivity contribution in [1.82, 2.24) is 0 Å². The third kappa shape index (κ3) is 3.18. The standard InChI is InChI=1S/C28H46O2/c1-18(2)28(17-30-28)15-10-19(3)23-8-9-24-22-7-6-20-16-21(29)11-13-26(20,4)25(22)12-14-27(23,24)5/h6,18-19,21-25,29H,7-17H2,1-5H3/t19-,21+,22+,23-,24+,25+,26+,27-,28+/m1/s1. The van der Waals surface area contributed by atoms with Gasteiger partial charge in [0.2, 0.25) is 0 Å². The fraction of sp³-hybridized carbons (Fsp3) is 0.929. The maximum Gasteiger partial charge on any atom is 0.0939 e. The van der Waals surface area contributed by atoms with Crippen molar-refractivity contribution >= 4 is 0 Å². The van der Waals surface area contributed by atoms with Gasteiger partial charge < -0.3 is 9.84 Å². The Morgan fingerprint density at radius 1 is 1.07 bits per heavy atom. The molecule has 1 heterocycles. The Morgan fingerprint density at radius 3 is 2.53 bits per heavy atom. The quantitative estimate of drug-likeness (QED) is 0.398. The molecular weight excluding hydrogens is 368 g/mol. The first-order valence-corrected chi connectivity index (χ1v) is 13.2. The first-order chi connectivity index (χ1) is 14.2. The highest BCUT2D eigenvalue weighted by atomic mass is 16.6. The molecule has 5 aliphatic rings. The minimum absolute atomic E-state index is 0.0870. The van der Waals surface area contributed by atoms with Crippen molar-refractivity contribution in [1.29, 1.82) is 0 Å². The average molecular weight is 415 g/mol. The van der Waals surface area contributed by atoms with E-state index in [1.54, 1.807) is 5.57 Å². The summed E-state index contributed by atoms with van der Waals surface area (Å²) in [7, 11) is 0. The summed E-state index contributed by atoms with van der Waals surface area (Å²) in [6.45, 7) is 13.5. The summed E-state index contributed by atoms with van der Waals surface area (Å²) in [5, 5.41) is 10.2. The van der Waals surface area contributed by atoms with Gasteiger partial charge in [-0.3, -0.25) is 0 Å². The maximum atomic E-state index is 10.2. The molecule has 1 aliphatic heterocycles. The second-order valence-electron chi connectivity index (χ2n) is 12.9. The summed E-state index contributed by atoms with van der Waals surface area (Å²) in [5.74, 6) is 5.05. The van der Waals surface area contributed by atoms with Crippen LogP contribution in [0.4, 0.5) is 0 Å². The normalized spacial score (nSPS) is 51.0. The van der Waals surface area contributed by atoms with Crippen LogP contribution in [-0.4, -0.2) is 23.4 Å². The van der Waals surface area contributed by atoms with Crippen molar-refractivity contribution in [3.05, 3.63) is 11.6 Å². The van der Waals surface area contributed by atoms with Gasteiger partial charge in [-0.2, -0.15) is 0 Å². The molecule has 5 rings (SSSR count). The molecule has 0 bridgehead atoms. The van der Waals surface area contributed by atoms with E-state index in [-0.39, 0.29) is 11.7 Å². The van der Waals surface area contributed by atoms with Crippen LogP contribution in [0.25, 0.3) is 0 Å². The topological polar surface area (TPSA) is 32.8 Å². The molecule has 1 N–H and O–H groups in total. The van der Waals surface area contributed by atoms with E-state index in [1.807, 2.05) is 0 Å². The molecule has 0 amide bonds. The molecule has 170 valence electrons. The molecule has 1 saturated heterocycles. The molecule has 4 fully saturated rings. The molecule has 2 heteroatoms. The Hall–Kier alpha value is -0.340. The monoisotopic (exact) mass is 414 g/mol. The number of hydrogen-bond acceptors (Lipinski definition) is 2. The van der Waals surface area contributed by atoms with Gasteiger partial charge in [0.05, 0.1) is 18.3 Å². The summed E-state index contributed by atoms with van der Waals surface area (Å²) in [6, 6.07) is 0. The predicted molar refractivity (Wildman–Crippen MR) is 123 cm³/mol. The van der Waals surface area contributed by atoms with Crippen LogP contribution in [0.1, 0.15) is 98.8 Å². The molecule has 0 aromatic heterocycles. The Labute approximate surface area is 185 Å². The van der Waals surface area contributed by atoms with Crippen molar-refractivity contribution in [3.63, 3.8) is 0 Å². The van der Waals surface area contributed by atoms with Crippen LogP contribution in [0.2, 0.25) is 0 Å². The molecule has 0 radical (unpaired) electrons. The van der Waals surface area contributed by atoms with Crippen molar-refractivity contribution in [3.8, 4) is 0 Å². The zero-order valence-corrected chi connectivity index (χ0v) is 20.3. The minimum Gasteiger partial charge on any atom is -0.393 e. The summed E-state index contributed by atoms with van der Waals surface area (Å²) in [5.41, 5.74) is 2.75. The van der Waals surface area contributed by atoms with E-state index in [2.05, 4.69) is 40.7 Å². The summed E-state index contributed by atoms with van der Waals surface area (Å²) in [6.07, 6.45) is 15.3. The highest BCUT2D eigenvalue weighted by Crippen LogP contribution is 2.67. The van der Waals surface area contributed by atoms with Gasteiger partial charge in [-0.05, 0) is 111 Å². The number of aliphatic hydroxyl groups is 1. The molecule has 0 aromatic carbocycles. The summed E-state index contributed by atoms with van der Waals surface area (Å²) < 4.78 is 5.92. The smallest absolute Gasteiger partial charge is 0.0939 e. The molecule has 4 aliphatic carbocycles. The molecule has 3 saturated carbocycles. The van der Waals surface area contributed by atoms with Crippen LogP contribution < -0.4 is 0 Å². The van der Waals surface area contributed by atoms with Crippen LogP contribution in [0.3, 0.4) is 0 Å². The van der Waals surface area contributed by atoms with E-state index in [0.717, 1.165) is 49.0 Å². The number of aliphatic hydroxyl groups excluding tert-OH is 1. The van der Waals surface area contributed by atoms with Gasteiger partial charge in [-0.25, -0.2) is 0 Å². The van der Waals surface area contributed by atoms with Crippen LogP contribution in [0.15, 0.2) is 11.6 Å². The molecule has 0 aromatic rings. The first kappa shape index (κ1) is 21.5. The van der Waals surface area contributed by atoms with E-state index >= 15 is 0 Å². The van der Waals surface area contributed by atoms with Gasteiger partial charge in [-0.15, -0.1) is 0 Å². The third-order valence-corrected chi connectivity index (χ3v) is 11.4. The largest absolute Gasteiger partial charge is 0.393 e. The molecule has 0 spiro atoms. The second kappa shape index (κ2) is 7.34. The predicted octanol–water partition coefficient (Wildman–Crippen LogP) is 6.77. The summed E-state index contributed by atoms with van der Waals surface area (Å²) >= 11 is 0. The van der Waals surface area contributed by atoms with Crippen LogP contribution in [-0.2, 0) is 4.74 Å². The van der Waals surface area contributed by atoms with E-state index in [9.17, 15) is 5.11 Å². The fourth-order valence-corrected chi connectivity index (χ4v) is 9.15. The maximum absolute atomic E-state index is 10.2. The molecule has 9 atom stereocenters. The van der Waals surface area contributed by atoms with E-state index in [1.165, 1.54) is 51.4 Å². The molecular formula is C28H46O2. The lowest BCUT2D eigenvalue weighted by atomic mass is 9.47. The Morgan fingerprint density at radius 2 is 1.83 bits per heavy atom. The van der Waals surface area contributed by atoms with Crippen LogP contribution >= 0.6 is 0 Å². The zero-order valence-electron chi connectivity index (χ0n) is 20.3. The van der Waals surface area contributed by atoms with Gasteiger partial charge in [0.25, 0.3) is 0 Å². The third-order valence-electron chi connectivity index (χ3n) is 11.4. The summed E-state index contributed by atoms with van der Waals surface area (Å²) in [4.78, 5) is 0. The Kier molecular flexibility index (Phi) is 5.26. The highest BCUT2D eigenvalue weighted by molar-refractivity contribution is 5.25. The van der Waals surface area contributed by atoms with Crippen molar-refractivity contribution in [2.45, 2.75) is 111 Å². The van der Waals surface area contributed by atoms with Crippen molar-refractivity contribution < 1.29 is 9.84 Å². The lowest BCUT2D eigenvalue weighted by Gasteiger charge is -2.58. The second-order valence-corrected chi connectivity index (χ2v) is 12.9. The van der Waals surface area contributed by atoms with Gasteiger partial charge in [0.15, 0.2) is 0 Å². The van der Waals surface area contributed by atoms with Gasteiger partial charge >= 0.3 is 0 Å². The highest BCUT2D eigenvalue weighted by Gasteiger charge is 2.59. The van der Waals surface area contributed by atoms with E-state index in [4.69, 9.17) is 4.74 Å². The molecule has 30 heavy (non-hydrogen) atoms. The first-order valence-electron chi connectivity index (χ1n) is 13.2. The van der Waals surface area contributed by atoms with E-state index in [0.29, 0.717) is 16.7 Å². The number of ether oxygens (including phenoxy) is 1. The molecule has 2 nitrogen and oxygen atoms in total. The Bertz CT molecular complexity index is 691. The minimum atomic E-state index is -0.0870. The van der Waals surface area contributed by atoms with Crippen LogP contribution in [0, 0.1) is 46.3 Å². The van der Waals surface area contributed by atoms with Gasteiger partial charge in [-0.1, -0.05) is 46.3 Å². The van der Waals surface area contributed by atoms with Crippen molar-refractivity contribution in [2.24, 2.45) is 46.3 Å².